The Kier molecular flexibility index (Phi) is 8.17. The summed E-state index contributed by atoms with van der Waals surface area (Å²) in [6.07, 6.45) is -4.97. The monoisotopic (exact) mass is 700 g/mol. The van der Waals surface area contributed by atoms with Crippen LogP contribution in [-0.2, 0) is 36.7 Å². The van der Waals surface area contributed by atoms with E-state index in [1.807, 2.05) is 6.92 Å². The smallest absolute Gasteiger partial charge is 0.386 e. The standard InChI is InChI=1S/C23H30N10O12P2/c1-2-3-9-10-4-40-47(38,39)45-16-11(43-21(14(16)34)32-7-28-12-17(24)26-6-27-18(12)32)5-41-46(36,37)44-15(9)22(42-10)33-8-29-13-19(33)30-23(25)31-20(13)35/h6-11,14-16,21-22,34H,2-5H2,1H3,(H,36,37)(H,38,39)(H2,24,26,27)(H3,25,30,31,35)/t9?,10-,11-,14?,15+,16+,21-,22-/m1/s1. The number of aliphatic hydroxyl groups is 1. The highest BCUT2D eigenvalue weighted by Gasteiger charge is 2.54. The fourth-order valence-electron chi connectivity index (χ4n) is 6.08. The van der Waals surface area contributed by atoms with Crippen LogP contribution in [0.2, 0.25) is 0 Å². The fourth-order valence-corrected chi connectivity index (χ4v) is 8.01. The molecule has 0 saturated carbocycles. The number of aromatic nitrogens is 8. The van der Waals surface area contributed by atoms with E-state index in [0.29, 0.717) is 12.8 Å². The lowest BCUT2D eigenvalue weighted by atomic mass is 9.93. The Morgan fingerprint density at radius 1 is 0.915 bits per heavy atom. The molecule has 3 saturated heterocycles. The molecule has 0 spiro atoms. The molecule has 4 aromatic heterocycles. The molecule has 3 aliphatic heterocycles. The van der Waals surface area contributed by atoms with Crippen molar-refractivity contribution in [2.45, 2.75) is 62.7 Å². The van der Waals surface area contributed by atoms with Crippen LogP contribution in [0.3, 0.4) is 0 Å². The number of rotatable bonds is 4. The molecule has 3 fully saturated rings. The van der Waals surface area contributed by atoms with Crippen LogP contribution >= 0.6 is 15.6 Å². The quantitative estimate of drug-likeness (QED) is 0.149. The van der Waals surface area contributed by atoms with E-state index in [1.54, 1.807) is 0 Å². The Balaban J connectivity index is 1.23. The van der Waals surface area contributed by atoms with Gasteiger partial charge in [-0.2, -0.15) is 4.98 Å². The van der Waals surface area contributed by atoms with E-state index in [0.717, 1.165) is 0 Å². The van der Waals surface area contributed by atoms with E-state index in [1.165, 1.54) is 28.1 Å². The van der Waals surface area contributed by atoms with Crippen LogP contribution in [-0.4, -0.2) is 97.7 Å². The number of nitrogens with one attached hydrogen (secondary N) is 1. The summed E-state index contributed by atoms with van der Waals surface area (Å²) in [7, 11) is -9.95. The molecule has 7 heterocycles. The first-order chi connectivity index (χ1) is 22.4. The van der Waals surface area contributed by atoms with Gasteiger partial charge in [-0.1, -0.05) is 13.3 Å². The van der Waals surface area contributed by atoms with Gasteiger partial charge in [0.15, 0.2) is 35.1 Å². The van der Waals surface area contributed by atoms with Gasteiger partial charge in [-0.15, -0.1) is 0 Å². The molecule has 0 aliphatic carbocycles. The predicted molar refractivity (Wildman–Crippen MR) is 156 cm³/mol. The molecular formula is C23H30N10O12P2. The summed E-state index contributed by atoms with van der Waals surface area (Å²) in [5.74, 6) is -0.866. The molecule has 8 N–H and O–H groups in total. The molecule has 0 amide bonds. The number of aliphatic hydroxyl groups excluding tert-OH is 1. The molecule has 4 unspecified atom stereocenters. The Morgan fingerprint density at radius 3 is 2.28 bits per heavy atom. The lowest BCUT2D eigenvalue weighted by Crippen LogP contribution is -2.36. The average Bonchev–Trinajstić information content (AvgIpc) is 3.76. The molecule has 4 aromatic rings. The Morgan fingerprint density at radius 2 is 1.55 bits per heavy atom. The van der Waals surface area contributed by atoms with Gasteiger partial charge in [0.1, 0.15) is 36.3 Å². The van der Waals surface area contributed by atoms with Gasteiger partial charge in [0.2, 0.25) is 5.95 Å². The van der Waals surface area contributed by atoms with E-state index < -0.39 is 83.3 Å². The Labute approximate surface area is 263 Å². The summed E-state index contributed by atoms with van der Waals surface area (Å²) in [5.41, 5.74) is 11.3. The van der Waals surface area contributed by atoms with Gasteiger partial charge in [0, 0.05) is 5.92 Å². The topological polar surface area (TPSA) is 309 Å². The van der Waals surface area contributed by atoms with Crippen molar-refractivity contribution >= 4 is 49.7 Å². The number of aromatic amines is 1. The summed E-state index contributed by atoms with van der Waals surface area (Å²) in [6, 6.07) is 0. The number of H-pyrrole nitrogens is 1. The Bertz CT molecular complexity index is 1970. The van der Waals surface area contributed by atoms with Crippen molar-refractivity contribution in [1.82, 2.24) is 39.0 Å². The van der Waals surface area contributed by atoms with Crippen molar-refractivity contribution in [1.29, 1.82) is 0 Å². The molecular weight excluding hydrogens is 670 g/mol. The normalized spacial score (nSPS) is 36.6. The number of phosphoric ester groups is 2. The minimum atomic E-state index is -4.98. The number of anilines is 2. The number of ether oxygens (including phenoxy) is 2. The largest absolute Gasteiger partial charge is 0.472 e. The molecule has 0 aromatic carbocycles. The van der Waals surface area contributed by atoms with Crippen LogP contribution in [0.1, 0.15) is 32.2 Å². The predicted octanol–water partition coefficient (Wildman–Crippen LogP) is -0.286. The number of fused-ring (bicyclic) bond motifs is 5. The number of hydrogen-bond donors (Lipinski definition) is 6. The number of phosphoric acid groups is 2. The number of nitrogen functional groups attached to an aromatic ring is 2. The zero-order valence-electron chi connectivity index (χ0n) is 24.4. The highest BCUT2D eigenvalue weighted by Crippen LogP contribution is 2.55. The van der Waals surface area contributed by atoms with Gasteiger partial charge >= 0.3 is 15.6 Å². The van der Waals surface area contributed by atoms with Gasteiger partial charge in [-0.25, -0.2) is 29.1 Å². The zero-order valence-corrected chi connectivity index (χ0v) is 26.2. The fraction of sp³-hybridized carbons (Fsp3) is 0.565. The van der Waals surface area contributed by atoms with Crippen molar-refractivity contribution in [3.8, 4) is 0 Å². The van der Waals surface area contributed by atoms with E-state index in [9.17, 15) is 28.8 Å². The molecule has 24 heteroatoms. The second-order valence-electron chi connectivity index (χ2n) is 11.1. The number of nitrogens with two attached hydrogens (primary N) is 2. The minimum Gasteiger partial charge on any atom is -0.386 e. The van der Waals surface area contributed by atoms with Crippen LogP contribution in [0.25, 0.3) is 22.3 Å². The SMILES string of the molecule is CCCC1[C@H]2COP(=O)(O)O[C@@H]3C(O)[C@H](n4cnc5c(N)ncnc54)O[C@@H]3COP(=O)(O)O[C@@H]1[C@H](n1cnc3c(=O)[nH]c(N)nc31)O2. The summed E-state index contributed by atoms with van der Waals surface area (Å²) >= 11 is 0. The van der Waals surface area contributed by atoms with Gasteiger partial charge < -0.3 is 35.8 Å². The van der Waals surface area contributed by atoms with Gasteiger partial charge in [-0.3, -0.25) is 37.0 Å². The molecule has 10 atom stereocenters. The van der Waals surface area contributed by atoms with E-state index >= 15 is 0 Å². The third kappa shape index (κ3) is 5.85. The summed E-state index contributed by atoms with van der Waals surface area (Å²) in [4.78, 5) is 56.9. The number of nitrogens with zero attached hydrogens (tertiary/aromatic N) is 7. The Hall–Kier alpha value is -3.40. The van der Waals surface area contributed by atoms with E-state index in [-0.39, 0.29) is 34.1 Å². The maximum atomic E-state index is 13.5. The summed E-state index contributed by atoms with van der Waals surface area (Å²) in [6.45, 7) is 0.547. The second-order valence-corrected chi connectivity index (χ2v) is 13.9. The molecule has 254 valence electrons. The van der Waals surface area contributed by atoms with Crippen LogP contribution in [0, 0.1) is 5.92 Å². The molecule has 0 radical (unpaired) electrons. The van der Waals surface area contributed by atoms with E-state index in [2.05, 4.69) is 29.9 Å². The lowest BCUT2D eigenvalue weighted by Gasteiger charge is -2.26. The highest BCUT2D eigenvalue weighted by atomic mass is 31.2. The summed E-state index contributed by atoms with van der Waals surface area (Å²) in [5, 5.41) is 11.2. The maximum absolute atomic E-state index is 13.5. The molecule has 22 nitrogen and oxygen atoms in total. The minimum absolute atomic E-state index is 0.00563. The third-order valence-electron chi connectivity index (χ3n) is 8.13. The first-order valence-corrected chi connectivity index (χ1v) is 17.3. The van der Waals surface area contributed by atoms with Crippen molar-refractivity contribution < 1.29 is 51.6 Å². The van der Waals surface area contributed by atoms with Crippen molar-refractivity contribution in [3.63, 3.8) is 0 Å². The van der Waals surface area contributed by atoms with Gasteiger partial charge in [0.05, 0.1) is 32.0 Å². The first-order valence-electron chi connectivity index (χ1n) is 14.3. The van der Waals surface area contributed by atoms with E-state index in [4.69, 9.17) is 39.0 Å². The zero-order chi connectivity index (χ0) is 33.2. The molecule has 47 heavy (non-hydrogen) atoms. The molecule has 7 rings (SSSR count). The maximum Gasteiger partial charge on any atom is 0.472 e. The van der Waals surface area contributed by atoms with Crippen LogP contribution < -0.4 is 17.0 Å². The van der Waals surface area contributed by atoms with Crippen molar-refractivity contribution in [2.24, 2.45) is 5.92 Å². The van der Waals surface area contributed by atoms with Crippen LogP contribution in [0.5, 0.6) is 0 Å². The first kappa shape index (κ1) is 32.2. The van der Waals surface area contributed by atoms with Crippen molar-refractivity contribution in [2.75, 3.05) is 24.7 Å². The molecule has 2 bridgehead atoms. The molecule has 3 aliphatic rings. The average molecular weight is 700 g/mol. The number of imidazole rings is 2. The van der Waals surface area contributed by atoms with Gasteiger partial charge in [-0.05, 0) is 6.42 Å². The third-order valence-corrected chi connectivity index (χ3v) is 10.1. The lowest BCUT2D eigenvalue weighted by molar-refractivity contribution is -0.0671. The van der Waals surface area contributed by atoms with Crippen molar-refractivity contribution in [3.05, 3.63) is 29.3 Å². The highest BCUT2D eigenvalue weighted by molar-refractivity contribution is 7.47. The number of hydrogen-bond acceptors (Lipinski definition) is 17. The summed E-state index contributed by atoms with van der Waals surface area (Å²) < 4.78 is 63.3. The van der Waals surface area contributed by atoms with Gasteiger partial charge in [0.25, 0.3) is 5.56 Å². The second kappa shape index (κ2) is 11.9. The van der Waals surface area contributed by atoms with Crippen LogP contribution in [0.15, 0.2) is 23.8 Å². The van der Waals surface area contributed by atoms with Crippen LogP contribution in [0.4, 0.5) is 11.8 Å².